The van der Waals surface area contributed by atoms with E-state index >= 15 is 0 Å². The quantitative estimate of drug-likeness (QED) is 0.827. The second-order valence-corrected chi connectivity index (χ2v) is 8.31. The summed E-state index contributed by atoms with van der Waals surface area (Å²) in [5.74, 6) is 1.54. The molecule has 3 unspecified atom stereocenters. The van der Waals surface area contributed by atoms with E-state index in [0.29, 0.717) is 6.04 Å². The van der Waals surface area contributed by atoms with Gasteiger partial charge in [0.05, 0.1) is 18.9 Å². The Balaban J connectivity index is 1.42. The average molecular weight is 382 g/mol. The SMILES string of the molecule is CCn1cc(CC2NCC3CNCC32)c(-c2cccc(N3CCOCC3)c2)n1. The smallest absolute Gasteiger partial charge is 0.0956 e. The molecule has 28 heavy (non-hydrogen) atoms. The number of aryl methyl sites for hydroxylation is 1. The predicted octanol–water partition coefficient (Wildman–Crippen LogP) is 1.76. The van der Waals surface area contributed by atoms with Gasteiger partial charge in [0.25, 0.3) is 0 Å². The van der Waals surface area contributed by atoms with Crippen molar-refractivity contribution >= 4 is 5.69 Å². The van der Waals surface area contributed by atoms with Crippen molar-refractivity contribution in [3.63, 3.8) is 0 Å². The minimum atomic E-state index is 0.552. The van der Waals surface area contributed by atoms with Gasteiger partial charge >= 0.3 is 0 Å². The highest BCUT2D eigenvalue weighted by Crippen LogP contribution is 2.32. The summed E-state index contributed by atoms with van der Waals surface area (Å²) in [5.41, 5.74) is 5.02. The van der Waals surface area contributed by atoms with Crippen LogP contribution in [-0.4, -0.2) is 61.8 Å². The lowest BCUT2D eigenvalue weighted by Gasteiger charge is -2.29. The molecule has 3 fully saturated rings. The van der Waals surface area contributed by atoms with Crippen LogP contribution in [0.3, 0.4) is 0 Å². The van der Waals surface area contributed by atoms with Gasteiger partial charge in [0.1, 0.15) is 0 Å². The normalized spacial score (nSPS) is 27.3. The van der Waals surface area contributed by atoms with Crippen molar-refractivity contribution in [2.75, 3.05) is 50.8 Å². The van der Waals surface area contributed by atoms with Crippen LogP contribution >= 0.6 is 0 Å². The molecule has 3 atom stereocenters. The molecule has 3 aliphatic heterocycles. The highest BCUT2D eigenvalue weighted by atomic mass is 16.5. The maximum absolute atomic E-state index is 5.51. The van der Waals surface area contributed by atoms with Crippen molar-refractivity contribution in [2.24, 2.45) is 11.8 Å². The van der Waals surface area contributed by atoms with Crippen LogP contribution in [0.5, 0.6) is 0 Å². The van der Waals surface area contributed by atoms with E-state index < -0.39 is 0 Å². The second-order valence-electron chi connectivity index (χ2n) is 8.31. The Morgan fingerprint density at radius 2 is 2.07 bits per heavy atom. The first-order valence-corrected chi connectivity index (χ1v) is 10.8. The van der Waals surface area contributed by atoms with Crippen LogP contribution in [0, 0.1) is 11.8 Å². The second kappa shape index (κ2) is 7.85. The molecule has 6 heteroatoms. The summed E-state index contributed by atoms with van der Waals surface area (Å²) in [6.45, 7) is 10.1. The van der Waals surface area contributed by atoms with Crippen LogP contribution in [0.4, 0.5) is 5.69 Å². The van der Waals surface area contributed by atoms with Crippen LogP contribution < -0.4 is 15.5 Å². The molecular formula is C22H31N5O. The minimum Gasteiger partial charge on any atom is -0.378 e. The van der Waals surface area contributed by atoms with Crippen molar-refractivity contribution in [1.29, 1.82) is 0 Å². The first-order chi connectivity index (χ1) is 13.8. The molecule has 0 radical (unpaired) electrons. The molecule has 0 spiro atoms. The molecule has 2 aromatic rings. The number of morpholine rings is 1. The van der Waals surface area contributed by atoms with Crippen molar-refractivity contribution < 1.29 is 4.74 Å². The number of anilines is 1. The number of fused-ring (bicyclic) bond motifs is 1. The summed E-state index contributed by atoms with van der Waals surface area (Å²) in [4.78, 5) is 2.41. The number of rotatable bonds is 5. The van der Waals surface area contributed by atoms with Crippen molar-refractivity contribution in [3.05, 3.63) is 36.0 Å². The first-order valence-electron chi connectivity index (χ1n) is 10.8. The van der Waals surface area contributed by atoms with Gasteiger partial charge in [0.15, 0.2) is 0 Å². The van der Waals surface area contributed by atoms with E-state index in [9.17, 15) is 0 Å². The van der Waals surface area contributed by atoms with E-state index in [4.69, 9.17) is 9.84 Å². The molecule has 6 nitrogen and oxygen atoms in total. The molecule has 0 aliphatic carbocycles. The minimum absolute atomic E-state index is 0.552. The number of hydrogen-bond donors (Lipinski definition) is 2. The molecular weight excluding hydrogens is 350 g/mol. The van der Waals surface area contributed by atoms with Crippen molar-refractivity contribution in [2.45, 2.75) is 25.9 Å². The van der Waals surface area contributed by atoms with Gasteiger partial charge in [-0.2, -0.15) is 5.10 Å². The third-order valence-electron chi connectivity index (χ3n) is 6.65. The zero-order valence-corrected chi connectivity index (χ0v) is 16.7. The van der Waals surface area contributed by atoms with E-state index in [1.54, 1.807) is 0 Å². The number of nitrogens with one attached hydrogen (secondary N) is 2. The molecule has 150 valence electrons. The highest BCUT2D eigenvalue weighted by Gasteiger charge is 2.39. The van der Waals surface area contributed by atoms with Crippen molar-refractivity contribution in [1.82, 2.24) is 20.4 Å². The Kier molecular flexibility index (Phi) is 5.09. The molecule has 4 heterocycles. The molecule has 0 bridgehead atoms. The van der Waals surface area contributed by atoms with E-state index in [2.05, 4.69) is 57.6 Å². The zero-order chi connectivity index (χ0) is 18.9. The van der Waals surface area contributed by atoms with Gasteiger partial charge in [0, 0.05) is 43.1 Å². The lowest BCUT2D eigenvalue weighted by molar-refractivity contribution is 0.122. The first kappa shape index (κ1) is 18.2. The van der Waals surface area contributed by atoms with E-state index in [1.165, 1.54) is 16.8 Å². The number of aromatic nitrogens is 2. The molecule has 3 aliphatic rings. The van der Waals surface area contributed by atoms with E-state index in [1.807, 2.05) is 0 Å². The predicted molar refractivity (Wildman–Crippen MR) is 112 cm³/mol. The van der Waals surface area contributed by atoms with Crippen LogP contribution in [0.15, 0.2) is 30.5 Å². The largest absolute Gasteiger partial charge is 0.378 e. The van der Waals surface area contributed by atoms with Gasteiger partial charge in [-0.15, -0.1) is 0 Å². The lowest BCUT2D eigenvalue weighted by Crippen LogP contribution is -2.36. The van der Waals surface area contributed by atoms with Crippen LogP contribution in [0.2, 0.25) is 0 Å². The summed E-state index contributed by atoms with van der Waals surface area (Å²) in [6, 6.07) is 9.44. The third-order valence-corrected chi connectivity index (χ3v) is 6.65. The number of hydrogen-bond acceptors (Lipinski definition) is 5. The fourth-order valence-electron chi connectivity index (χ4n) is 5.05. The van der Waals surface area contributed by atoms with Crippen LogP contribution in [0.1, 0.15) is 12.5 Å². The Morgan fingerprint density at radius 1 is 1.18 bits per heavy atom. The standard InChI is InChI=1S/C22H31N5O/c1-2-27-15-17(11-21-20-14-23-12-18(20)13-24-21)22(25-27)16-4-3-5-19(10-16)26-6-8-28-9-7-26/h3-5,10,15,18,20-21,23-24H,2,6-9,11-14H2,1H3. The Hall–Kier alpha value is -1.89. The zero-order valence-electron chi connectivity index (χ0n) is 16.7. The van der Waals surface area contributed by atoms with E-state index in [-0.39, 0.29) is 0 Å². The highest BCUT2D eigenvalue weighted by molar-refractivity contribution is 5.68. The molecule has 2 N–H and O–H groups in total. The molecule has 1 aromatic carbocycles. The summed E-state index contributed by atoms with van der Waals surface area (Å²) in [6.07, 6.45) is 3.31. The molecule has 1 aromatic heterocycles. The Morgan fingerprint density at radius 3 is 2.93 bits per heavy atom. The van der Waals surface area contributed by atoms with Crippen LogP contribution in [-0.2, 0) is 17.7 Å². The lowest BCUT2D eigenvalue weighted by atomic mass is 9.90. The summed E-state index contributed by atoms with van der Waals surface area (Å²) in [7, 11) is 0. The molecule has 3 saturated heterocycles. The van der Waals surface area contributed by atoms with Gasteiger partial charge in [-0.05, 0) is 62.5 Å². The molecule has 0 amide bonds. The van der Waals surface area contributed by atoms with E-state index in [0.717, 1.165) is 76.4 Å². The van der Waals surface area contributed by atoms with Gasteiger partial charge in [-0.3, -0.25) is 4.68 Å². The number of nitrogens with zero attached hydrogens (tertiary/aromatic N) is 3. The van der Waals surface area contributed by atoms with Gasteiger partial charge < -0.3 is 20.3 Å². The fourth-order valence-corrected chi connectivity index (χ4v) is 5.05. The average Bonchev–Trinajstić information content (AvgIpc) is 3.46. The van der Waals surface area contributed by atoms with Gasteiger partial charge in [-0.1, -0.05) is 12.1 Å². The van der Waals surface area contributed by atoms with Crippen LogP contribution in [0.25, 0.3) is 11.3 Å². The maximum atomic E-state index is 5.51. The third kappa shape index (κ3) is 3.45. The summed E-state index contributed by atoms with van der Waals surface area (Å²) < 4.78 is 7.60. The van der Waals surface area contributed by atoms with Crippen molar-refractivity contribution in [3.8, 4) is 11.3 Å². The number of benzene rings is 1. The molecule has 5 rings (SSSR count). The summed E-state index contributed by atoms with van der Waals surface area (Å²) in [5, 5.41) is 12.3. The molecule has 0 saturated carbocycles. The topological polar surface area (TPSA) is 54.4 Å². The monoisotopic (exact) mass is 381 g/mol. The number of ether oxygens (including phenoxy) is 1. The summed E-state index contributed by atoms with van der Waals surface area (Å²) >= 11 is 0. The Bertz CT molecular complexity index is 813. The maximum Gasteiger partial charge on any atom is 0.0956 e. The van der Waals surface area contributed by atoms with Gasteiger partial charge in [0.2, 0.25) is 0 Å². The fraction of sp³-hybridized carbons (Fsp3) is 0.591. The van der Waals surface area contributed by atoms with Gasteiger partial charge in [-0.25, -0.2) is 0 Å². The Labute approximate surface area is 167 Å².